The fraction of sp³-hybridized carbons (Fsp3) is 0.905. The third kappa shape index (κ3) is 5.05. The predicted octanol–water partition coefficient (Wildman–Crippen LogP) is 1.51. The second-order valence-electron chi connectivity index (χ2n) is 9.08. The smallest absolute Gasteiger partial charge is 0.254 e. The maximum absolute atomic E-state index is 13.0. The van der Waals surface area contributed by atoms with Crippen molar-refractivity contribution in [1.29, 1.82) is 0 Å². The zero-order valence-corrected chi connectivity index (χ0v) is 17.9. The molecule has 0 aromatic heterocycles. The van der Waals surface area contributed by atoms with Crippen molar-refractivity contribution in [3.63, 3.8) is 0 Å². The molecular weight excluding hydrogens is 358 g/mol. The van der Waals surface area contributed by atoms with Crippen molar-refractivity contribution in [2.75, 3.05) is 60.0 Å². The SMILES string of the molecule is CN(C)CCCN1CC2(CCN(C(=O)C3(C)CCCCO3)CC2)OCCC1=O. The van der Waals surface area contributed by atoms with E-state index in [9.17, 15) is 9.59 Å². The molecule has 1 unspecified atom stereocenters. The first-order valence-electron chi connectivity index (χ1n) is 10.8. The quantitative estimate of drug-likeness (QED) is 0.706. The monoisotopic (exact) mass is 395 g/mol. The molecule has 7 heteroatoms. The van der Waals surface area contributed by atoms with Crippen molar-refractivity contribution in [3.8, 4) is 0 Å². The molecule has 0 aliphatic carbocycles. The molecule has 1 atom stereocenters. The van der Waals surface area contributed by atoms with E-state index in [1.807, 2.05) is 16.7 Å². The number of nitrogens with zero attached hydrogens (tertiary/aromatic N) is 3. The standard InChI is InChI=1S/C21H37N3O4/c1-20(8-4-5-15-27-20)19(26)23-13-9-21(10-14-23)17-24(12-6-11-22(2)3)18(25)7-16-28-21/h4-17H2,1-3H3. The highest BCUT2D eigenvalue weighted by Gasteiger charge is 2.45. The minimum absolute atomic E-state index is 0.120. The van der Waals surface area contributed by atoms with Crippen LogP contribution in [0.5, 0.6) is 0 Å². The Labute approximate surface area is 169 Å². The zero-order valence-electron chi connectivity index (χ0n) is 17.9. The number of likely N-dealkylation sites (tertiary alicyclic amines) is 1. The van der Waals surface area contributed by atoms with E-state index >= 15 is 0 Å². The lowest BCUT2D eigenvalue weighted by Crippen LogP contribution is -2.57. The largest absolute Gasteiger partial charge is 0.372 e. The van der Waals surface area contributed by atoms with Gasteiger partial charge >= 0.3 is 0 Å². The van der Waals surface area contributed by atoms with Crippen LogP contribution >= 0.6 is 0 Å². The zero-order chi connectivity index (χ0) is 20.2. The Hall–Kier alpha value is -1.18. The fourth-order valence-corrected chi connectivity index (χ4v) is 4.63. The summed E-state index contributed by atoms with van der Waals surface area (Å²) in [6.07, 6.45) is 5.88. The van der Waals surface area contributed by atoms with Crippen LogP contribution < -0.4 is 0 Å². The van der Waals surface area contributed by atoms with Gasteiger partial charge in [0.1, 0.15) is 5.60 Å². The van der Waals surface area contributed by atoms with Crippen LogP contribution in [0, 0.1) is 0 Å². The van der Waals surface area contributed by atoms with E-state index in [0.717, 1.165) is 51.6 Å². The van der Waals surface area contributed by atoms with Crippen LogP contribution in [0.1, 0.15) is 51.9 Å². The topological polar surface area (TPSA) is 62.3 Å². The van der Waals surface area contributed by atoms with Crippen LogP contribution in [0.25, 0.3) is 0 Å². The van der Waals surface area contributed by atoms with E-state index < -0.39 is 5.60 Å². The Morgan fingerprint density at radius 3 is 2.50 bits per heavy atom. The van der Waals surface area contributed by atoms with E-state index in [4.69, 9.17) is 9.47 Å². The van der Waals surface area contributed by atoms with Crippen LogP contribution in [0.4, 0.5) is 0 Å². The van der Waals surface area contributed by atoms with Crippen molar-refractivity contribution < 1.29 is 19.1 Å². The number of carbonyl (C=O) groups excluding carboxylic acids is 2. The fourth-order valence-electron chi connectivity index (χ4n) is 4.63. The van der Waals surface area contributed by atoms with Gasteiger partial charge in [0.15, 0.2) is 0 Å². The number of piperidine rings is 1. The number of rotatable bonds is 5. The Morgan fingerprint density at radius 1 is 1.11 bits per heavy atom. The summed E-state index contributed by atoms with van der Waals surface area (Å²) in [5, 5.41) is 0. The van der Waals surface area contributed by atoms with Crippen LogP contribution in [-0.2, 0) is 19.1 Å². The van der Waals surface area contributed by atoms with Crippen molar-refractivity contribution in [2.45, 2.75) is 63.1 Å². The third-order valence-corrected chi connectivity index (χ3v) is 6.47. The lowest BCUT2D eigenvalue weighted by atomic mass is 9.88. The first-order chi connectivity index (χ1) is 13.3. The van der Waals surface area contributed by atoms with Crippen molar-refractivity contribution >= 4 is 11.8 Å². The number of carbonyl (C=O) groups is 2. The second kappa shape index (κ2) is 9.09. The summed E-state index contributed by atoms with van der Waals surface area (Å²) in [6.45, 7) is 6.84. The summed E-state index contributed by atoms with van der Waals surface area (Å²) in [7, 11) is 4.11. The van der Waals surface area contributed by atoms with E-state index in [1.54, 1.807) is 0 Å². The van der Waals surface area contributed by atoms with E-state index in [1.165, 1.54) is 0 Å². The Balaban J connectivity index is 1.57. The van der Waals surface area contributed by atoms with Crippen LogP contribution in [0.3, 0.4) is 0 Å². The molecule has 7 nitrogen and oxygen atoms in total. The molecule has 0 bridgehead atoms. The molecule has 28 heavy (non-hydrogen) atoms. The summed E-state index contributed by atoms with van der Waals surface area (Å²) < 4.78 is 12.1. The summed E-state index contributed by atoms with van der Waals surface area (Å²) in [5.41, 5.74) is -0.976. The highest BCUT2D eigenvalue weighted by atomic mass is 16.5. The van der Waals surface area contributed by atoms with Gasteiger partial charge in [-0.25, -0.2) is 0 Å². The molecule has 3 rings (SSSR count). The normalized spacial score (nSPS) is 28.6. The van der Waals surface area contributed by atoms with Gasteiger partial charge < -0.3 is 24.2 Å². The summed E-state index contributed by atoms with van der Waals surface area (Å²) in [4.78, 5) is 31.6. The highest BCUT2D eigenvalue weighted by molar-refractivity contribution is 5.85. The third-order valence-electron chi connectivity index (χ3n) is 6.47. The lowest BCUT2D eigenvalue weighted by Gasteiger charge is -2.45. The van der Waals surface area contributed by atoms with Gasteiger partial charge in [-0.15, -0.1) is 0 Å². The van der Waals surface area contributed by atoms with Crippen molar-refractivity contribution in [2.24, 2.45) is 0 Å². The molecule has 0 N–H and O–H groups in total. The number of ether oxygens (including phenoxy) is 2. The molecule has 3 aliphatic rings. The minimum atomic E-state index is -0.665. The van der Waals surface area contributed by atoms with Gasteiger partial charge in [0.2, 0.25) is 5.91 Å². The summed E-state index contributed by atoms with van der Waals surface area (Å²) in [5.74, 6) is 0.312. The number of hydrogen-bond acceptors (Lipinski definition) is 5. The average molecular weight is 396 g/mol. The minimum Gasteiger partial charge on any atom is -0.372 e. The molecule has 3 saturated heterocycles. The van der Waals surface area contributed by atoms with Gasteiger partial charge in [-0.05, 0) is 66.1 Å². The first kappa shape index (κ1) is 21.5. The molecule has 2 amide bonds. The average Bonchev–Trinajstić information content (AvgIpc) is 2.81. The molecule has 0 radical (unpaired) electrons. The van der Waals surface area contributed by atoms with E-state index in [2.05, 4.69) is 19.0 Å². The molecule has 0 aromatic carbocycles. The van der Waals surface area contributed by atoms with Crippen LogP contribution in [0.2, 0.25) is 0 Å². The maximum Gasteiger partial charge on any atom is 0.254 e. The molecule has 1 spiro atoms. The molecule has 3 aliphatic heterocycles. The number of hydrogen-bond donors (Lipinski definition) is 0. The van der Waals surface area contributed by atoms with Gasteiger partial charge in [0.25, 0.3) is 5.91 Å². The lowest BCUT2D eigenvalue weighted by molar-refractivity contribution is -0.167. The summed E-state index contributed by atoms with van der Waals surface area (Å²) >= 11 is 0. The van der Waals surface area contributed by atoms with Crippen LogP contribution in [-0.4, -0.2) is 97.7 Å². The maximum atomic E-state index is 13.0. The first-order valence-corrected chi connectivity index (χ1v) is 10.8. The van der Waals surface area contributed by atoms with E-state index in [-0.39, 0.29) is 17.4 Å². The molecular formula is C21H37N3O4. The molecule has 0 saturated carbocycles. The Morgan fingerprint density at radius 2 is 1.86 bits per heavy atom. The second-order valence-corrected chi connectivity index (χ2v) is 9.08. The molecule has 160 valence electrons. The molecule has 0 aromatic rings. The Kier molecular flexibility index (Phi) is 6.99. The molecule has 3 heterocycles. The van der Waals surface area contributed by atoms with Gasteiger partial charge in [-0.3, -0.25) is 9.59 Å². The van der Waals surface area contributed by atoms with Gasteiger partial charge in [0.05, 0.1) is 18.6 Å². The Bertz CT molecular complexity index is 552. The highest BCUT2D eigenvalue weighted by Crippen LogP contribution is 2.33. The van der Waals surface area contributed by atoms with Crippen molar-refractivity contribution in [3.05, 3.63) is 0 Å². The van der Waals surface area contributed by atoms with E-state index in [0.29, 0.717) is 39.3 Å². The number of amides is 2. The van der Waals surface area contributed by atoms with Gasteiger partial charge in [-0.1, -0.05) is 0 Å². The van der Waals surface area contributed by atoms with Crippen molar-refractivity contribution in [1.82, 2.24) is 14.7 Å². The van der Waals surface area contributed by atoms with Crippen LogP contribution in [0.15, 0.2) is 0 Å². The van der Waals surface area contributed by atoms with Gasteiger partial charge in [-0.2, -0.15) is 0 Å². The summed E-state index contributed by atoms with van der Waals surface area (Å²) in [6, 6.07) is 0. The predicted molar refractivity (Wildman–Crippen MR) is 107 cm³/mol. The molecule has 3 fully saturated rings. The van der Waals surface area contributed by atoms with Gasteiger partial charge in [0, 0.05) is 32.8 Å².